The van der Waals surface area contributed by atoms with Crippen LogP contribution in [-0.4, -0.2) is 42.3 Å². The second-order valence-corrected chi connectivity index (χ2v) is 5.74. The third kappa shape index (κ3) is 3.39. The lowest BCUT2D eigenvalue weighted by Crippen LogP contribution is -2.37. The molecule has 20 heavy (non-hydrogen) atoms. The summed E-state index contributed by atoms with van der Waals surface area (Å²) in [5.41, 5.74) is 0. The smallest absolute Gasteiger partial charge is 0.134 e. The van der Waals surface area contributed by atoms with Crippen molar-refractivity contribution in [1.29, 1.82) is 0 Å². The Labute approximate surface area is 120 Å². The van der Waals surface area contributed by atoms with E-state index in [0.717, 1.165) is 43.8 Å². The molecule has 0 spiro atoms. The maximum absolute atomic E-state index is 5.40. The van der Waals surface area contributed by atoms with E-state index in [1.165, 1.54) is 32.1 Å². The molecule has 1 saturated heterocycles. The normalized spacial score (nSPS) is 20.9. The van der Waals surface area contributed by atoms with Gasteiger partial charge in [0, 0.05) is 25.2 Å². The van der Waals surface area contributed by atoms with Crippen LogP contribution in [-0.2, 0) is 4.74 Å². The lowest BCUT2D eigenvalue weighted by atomic mass is 9.95. The summed E-state index contributed by atoms with van der Waals surface area (Å²) in [4.78, 5) is 11.4. The second kappa shape index (κ2) is 6.39. The van der Waals surface area contributed by atoms with Gasteiger partial charge in [0.2, 0.25) is 0 Å². The van der Waals surface area contributed by atoms with Gasteiger partial charge in [-0.1, -0.05) is 19.3 Å². The molecule has 0 amide bonds. The molecule has 0 unspecified atom stereocenters. The van der Waals surface area contributed by atoms with Gasteiger partial charge in [-0.15, -0.1) is 0 Å². The van der Waals surface area contributed by atoms with Crippen molar-refractivity contribution in [3.05, 3.63) is 11.9 Å². The number of aromatic nitrogens is 2. The number of anilines is 2. The quantitative estimate of drug-likeness (QED) is 0.918. The minimum atomic E-state index is 0.579. The lowest BCUT2D eigenvalue weighted by molar-refractivity contribution is 0.122. The van der Waals surface area contributed by atoms with Gasteiger partial charge in [0.25, 0.3) is 0 Å². The van der Waals surface area contributed by atoms with E-state index in [9.17, 15) is 0 Å². The van der Waals surface area contributed by atoms with Crippen molar-refractivity contribution in [2.75, 3.05) is 36.5 Å². The first-order valence-electron chi connectivity index (χ1n) is 7.76. The number of morpholine rings is 1. The van der Waals surface area contributed by atoms with Crippen molar-refractivity contribution in [2.45, 2.75) is 45.1 Å². The Morgan fingerprint density at radius 1 is 1.15 bits per heavy atom. The molecule has 1 aromatic heterocycles. The van der Waals surface area contributed by atoms with Gasteiger partial charge < -0.3 is 15.0 Å². The Bertz CT molecular complexity index is 439. The number of hydrogen-bond donors (Lipinski definition) is 1. The van der Waals surface area contributed by atoms with Crippen LogP contribution in [0.2, 0.25) is 0 Å². The summed E-state index contributed by atoms with van der Waals surface area (Å²) in [5, 5.41) is 3.59. The molecule has 1 aliphatic carbocycles. The highest BCUT2D eigenvalue weighted by Gasteiger charge is 2.17. The number of hydrogen-bond acceptors (Lipinski definition) is 5. The van der Waals surface area contributed by atoms with Gasteiger partial charge in [-0.3, -0.25) is 0 Å². The first-order chi connectivity index (χ1) is 9.81. The molecular formula is C15H24N4O. The summed E-state index contributed by atoms with van der Waals surface area (Å²) in [5.74, 6) is 2.84. The third-order valence-electron chi connectivity index (χ3n) is 4.12. The maximum atomic E-state index is 5.40. The fraction of sp³-hybridized carbons (Fsp3) is 0.733. The molecule has 2 heterocycles. The highest BCUT2D eigenvalue weighted by atomic mass is 16.5. The molecule has 1 saturated carbocycles. The maximum Gasteiger partial charge on any atom is 0.134 e. The van der Waals surface area contributed by atoms with Gasteiger partial charge in [0.15, 0.2) is 0 Å². The van der Waals surface area contributed by atoms with Crippen molar-refractivity contribution in [1.82, 2.24) is 9.97 Å². The van der Waals surface area contributed by atoms with E-state index >= 15 is 0 Å². The van der Waals surface area contributed by atoms with Crippen LogP contribution in [0.1, 0.15) is 37.9 Å². The van der Waals surface area contributed by atoms with E-state index in [1.54, 1.807) is 0 Å². The minimum Gasteiger partial charge on any atom is -0.378 e. The Balaban J connectivity index is 1.71. The van der Waals surface area contributed by atoms with Crippen LogP contribution in [0.5, 0.6) is 0 Å². The SMILES string of the molecule is Cc1nc(NC2CCCCC2)cc(N2CCOCC2)n1. The molecule has 110 valence electrons. The van der Waals surface area contributed by atoms with E-state index in [-0.39, 0.29) is 0 Å². The molecule has 0 atom stereocenters. The minimum absolute atomic E-state index is 0.579. The van der Waals surface area contributed by atoms with Crippen LogP contribution in [0.15, 0.2) is 6.07 Å². The lowest BCUT2D eigenvalue weighted by Gasteiger charge is -2.29. The van der Waals surface area contributed by atoms with E-state index in [1.807, 2.05) is 6.92 Å². The van der Waals surface area contributed by atoms with Gasteiger partial charge in [0.05, 0.1) is 13.2 Å². The van der Waals surface area contributed by atoms with Crippen molar-refractivity contribution < 1.29 is 4.74 Å². The topological polar surface area (TPSA) is 50.3 Å². The molecule has 0 aromatic carbocycles. The van der Waals surface area contributed by atoms with Crippen molar-refractivity contribution in [3.63, 3.8) is 0 Å². The van der Waals surface area contributed by atoms with E-state index in [4.69, 9.17) is 4.74 Å². The highest BCUT2D eigenvalue weighted by molar-refractivity contribution is 5.50. The molecule has 1 N–H and O–H groups in total. The standard InChI is InChI=1S/C15H24N4O/c1-12-16-14(18-13-5-3-2-4-6-13)11-15(17-12)19-7-9-20-10-8-19/h11,13H,2-10H2,1H3,(H,16,17,18). The fourth-order valence-electron chi connectivity index (χ4n) is 3.04. The predicted molar refractivity (Wildman–Crippen MR) is 80.3 cm³/mol. The van der Waals surface area contributed by atoms with Gasteiger partial charge in [-0.25, -0.2) is 9.97 Å². The zero-order valence-electron chi connectivity index (χ0n) is 12.3. The molecule has 3 rings (SSSR count). The Hall–Kier alpha value is -1.36. The van der Waals surface area contributed by atoms with Gasteiger partial charge in [-0.2, -0.15) is 0 Å². The zero-order chi connectivity index (χ0) is 13.8. The summed E-state index contributed by atoms with van der Waals surface area (Å²) >= 11 is 0. The van der Waals surface area contributed by atoms with Crippen molar-refractivity contribution in [2.24, 2.45) is 0 Å². The molecule has 1 aromatic rings. The summed E-state index contributed by atoms with van der Waals surface area (Å²) < 4.78 is 5.40. The molecular weight excluding hydrogens is 252 g/mol. The molecule has 5 nitrogen and oxygen atoms in total. The zero-order valence-corrected chi connectivity index (χ0v) is 12.3. The summed E-state index contributed by atoms with van der Waals surface area (Å²) in [6.45, 7) is 5.37. The van der Waals surface area contributed by atoms with Crippen LogP contribution in [0.4, 0.5) is 11.6 Å². The average Bonchev–Trinajstić information content (AvgIpc) is 2.49. The molecule has 1 aliphatic heterocycles. The molecule has 2 aliphatic rings. The second-order valence-electron chi connectivity index (χ2n) is 5.74. The predicted octanol–water partition coefficient (Wildman–Crippen LogP) is 2.37. The molecule has 2 fully saturated rings. The first-order valence-corrected chi connectivity index (χ1v) is 7.76. The Morgan fingerprint density at radius 2 is 1.90 bits per heavy atom. The van der Waals surface area contributed by atoms with Gasteiger partial charge in [0.1, 0.15) is 17.5 Å². The van der Waals surface area contributed by atoms with Gasteiger partial charge in [-0.05, 0) is 19.8 Å². The number of nitrogens with one attached hydrogen (secondary N) is 1. The van der Waals surface area contributed by atoms with Crippen LogP contribution in [0, 0.1) is 6.92 Å². The van der Waals surface area contributed by atoms with Crippen molar-refractivity contribution in [3.8, 4) is 0 Å². The van der Waals surface area contributed by atoms with Crippen LogP contribution >= 0.6 is 0 Å². The number of aryl methyl sites for hydroxylation is 1. The van der Waals surface area contributed by atoms with E-state index in [0.29, 0.717) is 6.04 Å². The van der Waals surface area contributed by atoms with Crippen LogP contribution in [0.3, 0.4) is 0 Å². The molecule has 0 bridgehead atoms. The number of ether oxygens (including phenoxy) is 1. The van der Waals surface area contributed by atoms with Crippen molar-refractivity contribution >= 4 is 11.6 Å². The fourth-order valence-corrected chi connectivity index (χ4v) is 3.04. The monoisotopic (exact) mass is 276 g/mol. The van der Waals surface area contributed by atoms with E-state index in [2.05, 4.69) is 26.3 Å². The van der Waals surface area contributed by atoms with Gasteiger partial charge >= 0.3 is 0 Å². The molecule has 0 radical (unpaired) electrons. The number of nitrogens with zero attached hydrogens (tertiary/aromatic N) is 3. The summed E-state index contributed by atoms with van der Waals surface area (Å²) in [7, 11) is 0. The third-order valence-corrected chi connectivity index (χ3v) is 4.12. The van der Waals surface area contributed by atoms with E-state index < -0.39 is 0 Å². The Kier molecular flexibility index (Phi) is 4.35. The van der Waals surface area contributed by atoms with Crippen LogP contribution in [0.25, 0.3) is 0 Å². The summed E-state index contributed by atoms with van der Waals surface area (Å²) in [6, 6.07) is 2.67. The average molecular weight is 276 g/mol. The highest BCUT2D eigenvalue weighted by Crippen LogP contribution is 2.23. The molecule has 5 heteroatoms. The van der Waals surface area contributed by atoms with Crippen LogP contribution < -0.4 is 10.2 Å². The first kappa shape index (κ1) is 13.6. The Morgan fingerprint density at radius 3 is 2.65 bits per heavy atom. The largest absolute Gasteiger partial charge is 0.378 e. The number of rotatable bonds is 3. The summed E-state index contributed by atoms with van der Waals surface area (Å²) in [6.07, 6.45) is 6.56.